The predicted molar refractivity (Wildman–Crippen MR) is 66.2 cm³/mol. The molecule has 1 rings (SSSR count). The van der Waals surface area contributed by atoms with Crippen LogP contribution in [0.25, 0.3) is 0 Å². The fourth-order valence-corrected chi connectivity index (χ4v) is 2.08. The summed E-state index contributed by atoms with van der Waals surface area (Å²) in [6.07, 6.45) is 0.579. The Balaban J connectivity index is 3.27. The third-order valence-electron chi connectivity index (χ3n) is 2.75. The van der Waals surface area contributed by atoms with E-state index in [4.69, 9.17) is 11.6 Å². The highest BCUT2D eigenvalue weighted by atomic mass is 35.5. The monoisotopic (exact) mass is 240 g/mol. The first kappa shape index (κ1) is 13.0. The van der Waals surface area contributed by atoms with Gasteiger partial charge in [0.05, 0.1) is 5.92 Å². The molecule has 0 saturated heterocycles. The van der Waals surface area contributed by atoms with Gasteiger partial charge in [-0.05, 0) is 35.6 Å². The summed E-state index contributed by atoms with van der Waals surface area (Å²) in [6.45, 7) is 5.99. The summed E-state index contributed by atoms with van der Waals surface area (Å²) < 4.78 is 0. The van der Waals surface area contributed by atoms with E-state index >= 15 is 0 Å². The van der Waals surface area contributed by atoms with Crippen LogP contribution in [0.3, 0.4) is 0 Å². The summed E-state index contributed by atoms with van der Waals surface area (Å²) in [4.78, 5) is 11.2. The van der Waals surface area contributed by atoms with Gasteiger partial charge in [0.15, 0.2) is 0 Å². The molecule has 0 amide bonds. The highest BCUT2D eigenvalue weighted by Gasteiger charge is 2.21. The molecule has 1 aromatic carbocycles. The van der Waals surface area contributed by atoms with Gasteiger partial charge >= 0.3 is 5.97 Å². The van der Waals surface area contributed by atoms with Gasteiger partial charge in [0, 0.05) is 5.02 Å². The van der Waals surface area contributed by atoms with Gasteiger partial charge in [-0.15, -0.1) is 0 Å². The first-order valence-electron chi connectivity index (χ1n) is 5.49. The molecule has 88 valence electrons. The van der Waals surface area contributed by atoms with Crippen LogP contribution in [0.15, 0.2) is 18.2 Å². The van der Waals surface area contributed by atoms with Crippen LogP contribution in [0, 0.1) is 0 Å². The highest BCUT2D eigenvalue weighted by molar-refractivity contribution is 6.30. The lowest BCUT2D eigenvalue weighted by Crippen LogP contribution is -2.13. The lowest BCUT2D eigenvalue weighted by molar-refractivity contribution is -0.138. The number of hydrogen-bond acceptors (Lipinski definition) is 1. The van der Waals surface area contributed by atoms with Gasteiger partial charge in [-0.25, -0.2) is 0 Å². The molecule has 0 aliphatic carbocycles. The fraction of sp³-hybridized carbons (Fsp3) is 0.462. The SMILES string of the molecule is CCC(C(=O)O)c1cc(Cl)ccc1C(C)C. The molecule has 3 heteroatoms. The van der Waals surface area contributed by atoms with E-state index in [9.17, 15) is 9.90 Å². The van der Waals surface area contributed by atoms with Crippen molar-refractivity contribution >= 4 is 17.6 Å². The standard InChI is InChI=1S/C13H17ClO2/c1-4-10(13(15)16)12-7-9(14)5-6-11(12)8(2)3/h5-8,10H,4H2,1-3H3,(H,15,16). The van der Waals surface area contributed by atoms with Gasteiger partial charge in [0.25, 0.3) is 0 Å². The van der Waals surface area contributed by atoms with E-state index in [0.717, 1.165) is 11.1 Å². The lowest BCUT2D eigenvalue weighted by Gasteiger charge is -2.18. The predicted octanol–water partition coefficient (Wildman–Crippen LogP) is 4.04. The van der Waals surface area contributed by atoms with Crippen molar-refractivity contribution in [2.24, 2.45) is 0 Å². The van der Waals surface area contributed by atoms with Crippen molar-refractivity contribution in [3.8, 4) is 0 Å². The molecule has 1 atom stereocenters. The molecular weight excluding hydrogens is 224 g/mol. The van der Waals surface area contributed by atoms with Crippen molar-refractivity contribution in [1.82, 2.24) is 0 Å². The molecular formula is C13H17ClO2. The molecule has 16 heavy (non-hydrogen) atoms. The maximum atomic E-state index is 11.2. The topological polar surface area (TPSA) is 37.3 Å². The molecule has 1 unspecified atom stereocenters. The average molecular weight is 241 g/mol. The molecule has 1 aromatic rings. The van der Waals surface area contributed by atoms with E-state index in [-0.39, 0.29) is 0 Å². The van der Waals surface area contributed by atoms with Crippen LogP contribution in [0.2, 0.25) is 5.02 Å². The zero-order valence-corrected chi connectivity index (χ0v) is 10.6. The Labute approximate surface area is 101 Å². The maximum Gasteiger partial charge on any atom is 0.310 e. The Morgan fingerprint density at radius 2 is 2.00 bits per heavy atom. The third kappa shape index (κ3) is 2.76. The van der Waals surface area contributed by atoms with Crippen LogP contribution in [-0.2, 0) is 4.79 Å². The van der Waals surface area contributed by atoms with Gasteiger partial charge in [0.2, 0.25) is 0 Å². The van der Waals surface area contributed by atoms with E-state index in [2.05, 4.69) is 13.8 Å². The molecule has 0 heterocycles. The zero-order chi connectivity index (χ0) is 12.3. The molecule has 0 fully saturated rings. The van der Waals surface area contributed by atoms with E-state index in [1.54, 1.807) is 6.07 Å². The Hall–Kier alpha value is -1.02. The Morgan fingerprint density at radius 1 is 1.38 bits per heavy atom. The third-order valence-corrected chi connectivity index (χ3v) is 2.99. The van der Waals surface area contributed by atoms with E-state index in [1.165, 1.54) is 0 Å². The summed E-state index contributed by atoms with van der Waals surface area (Å²) in [6, 6.07) is 5.52. The molecule has 0 aliphatic heterocycles. The summed E-state index contributed by atoms with van der Waals surface area (Å²) >= 11 is 5.93. The lowest BCUT2D eigenvalue weighted by atomic mass is 9.87. The number of carboxylic acid groups (broad SMARTS) is 1. The first-order valence-corrected chi connectivity index (χ1v) is 5.87. The smallest absolute Gasteiger partial charge is 0.310 e. The van der Waals surface area contributed by atoms with E-state index in [1.807, 2.05) is 19.1 Å². The first-order chi connectivity index (χ1) is 7.47. The Bertz CT molecular complexity index is 386. The van der Waals surface area contributed by atoms with Gasteiger partial charge < -0.3 is 5.11 Å². The van der Waals surface area contributed by atoms with Crippen molar-refractivity contribution in [3.05, 3.63) is 34.3 Å². The van der Waals surface area contributed by atoms with Crippen LogP contribution < -0.4 is 0 Å². The van der Waals surface area contributed by atoms with Crippen LogP contribution in [-0.4, -0.2) is 11.1 Å². The minimum absolute atomic E-state index is 0.306. The number of rotatable bonds is 4. The number of aliphatic carboxylic acids is 1. The van der Waals surface area contributed by atoms with Crippen molar-refractivity contribution in [2.45, 2.75) is 39.0 Å². The highest BCUT2D eigenvalue weighted by Crippen LogP contribution is 2.31. The summed E-state index contributed by atoms with van der Waals surface area (Å²) in [5.41, 5.74) is 1.91. The molecule has 2 nitrogen and oxygen atoms in total. The quantitative estimate of drug-likeness (QED) is 0.862. The van der Waals surface area contributed by atoms with Crippen LogP contribution in [0.5, 0.6) is 0 Å². The average Bonchev–Trinajstić information content (AvgIpc) is 2.17. The van der Waals surface area contributed by atoms with Crippen LogP contribution in [0.1, 0.15) is 50.2 Å². The van der Waals surface area contributed by atoms with Crippen molar-refractivity contribution in [3.63, 3.8) is 0 Å². The van der Waals surface area contributed by atoms with E-state index in [0.29, 0.717) is 17.4 Å². The van der Waals surface area contributed by atoms with Crippen LogP contribution >= 0.6 is 11.6 Å². The Kier molecular flexibility index (Phi) is 4.36. The molecule has 1 N–H and O–H groups in total. The number of hydrogen-bond donors (Lipinski definition) is 1. The van der Waals surface area contributed by atoms with Crippen LogP contribution in [0.4, 0.5) is 0 Å². The second-order valence-corrected chi connectivity index (χ2v) is 4.66. The summed E-state index contributed by atoms with van der Waals surface area (Å²) in [7, 11) is 0. The van der Waals surface area contributed by atoms with E-state index < -0.39 is 11.9 Å². The minimum Gasteiger partial charge on any atom is -0.481 e. The van der Waals surface area contributed by atoms with Gasteiger partial charge in [-0.3, -0.25) is 4.79 Å². The molecule has 0 radical (unpaired) electrons. The van der Waals surface area contributed by atoms with Crippen molar-refractivity contribution < 1.29 is 9.90 Å². The minimum atomic E-state index is -0.785. The fourth-order valence-electron chi connectivity index (χ4n) is 1.90. The number of carboxylic acids is 1. The van der Waals surface area contributed by atoms with Gasteiger partial charge in [0.1, 0.15) is 0 Å². The largest absolute Gasteiger partial charge is 0.481 e. The second kappa shape index (κ2) is 5.35. The molecule has 0 aromatic heterocycles. The maximum absolute atomic E-state index is 11.2. The zero-order valence-electron chi connectivity index (χ0n) is 9.83. The number of halogens is 1. The number of benzene rings is 1. The van der Waals surface area contributed by atoms with Gasteiger partial charge in [-0.2, -0.15) is 0 Å². The molecule has 0 saturated carbocycles. The molecule has 0 spiro atoms. The normalized spacial score (nSPS) is 12.8. The molecule has 0 aliphatic rings. The van der Waals surface area contributed by atoms with Crippen molar-refractivity contribution in [1.29, 1.82) is 0 Å². The molecule has 0 bridgehead atoms. The second-order valence-electron chi connectivity index (χ2n) is 4.23. The van der Waals surface area contributed by atoms with Crippen molar-refractivity contribution in [2.75, 3.05) is 0 Å². The number of carbonyl (C=O) groups is 1. The Morgan fingerprint density at radius 3 is 2.44 bits per heavy atom. The summed E-state index contributed by atoms with van der Waals surface area (Å²) in [5, 5.41) is 9.78. The summed E-state index contributed by atoms with van der Waals surface area (Å²) in [5.74, 6) is -0.941. The van der Waals surface area contributed by atoms with Gasteiger partial charge in [-0.1, -0.05) is 38.4 Å².